The van der Waals surface area contributed by atoms with E-state index in [1.807, 2.05) is 47.2 Å². The third-order valence-corrected chi connectivity index (χ3v) is 4.85. The minimum Gasteiger partial charge on any atom is -0.134 e. The average molecular weight is 338 g/mol. The minimum absolute atomic E-state index is 0.866. The fourth-order valence-corrected chi connectivity index (χ4v) is 3.26. The van der Waals surface area contributed by atoms with Crippen molar-refractivity contribution in [1.82, 2.24) is 0 Å². The molecule has 3 aromatic rings. The molecule has 0 radical (unpaired) electrons. The molecule has 0 nitrogen and oxygen atoms in total. The molecule has 3 rings (SSSR count). The van der Waals surface area contributed by atoms with Crippen molar-refractivity contribution < 1.29 is 0 Å². The Morgan fingerprint density at radius 3 is 1.38 bits per heavy atom. The highest BCUT2D eigenvalue weighted by Crippen LogP contribution is 2.15. The first kappa shape index (κ1) is 15.7. The van der Waals surface area contributed by atoms with E-state index in [2.05, 4.69) is 35.5 Å². The lowest BCUT2D eigenvalue weighted by molar-refractivity contribution is 1.60. The Balaban J connectivity index is 1.78. The molecule has 0 fully saturated rings. The van der Waals surface area contributed by atoms with Crippen LogP contribution in [0.1, 0.15) is 32.0 Å². The normalized spacial score (nSPS) is 8.92. The summed E-state index contributed by atoms with van der Waals surface area (Å²) in [5, 5.41) is 3.90. The molecule has 2 heterocycles. The molecule has 24 heavy (non-hydrogen) atoms. The van der Waals surface area contributed by atoms with E-state index in [1.54, 1.807) is 0 Å². The highest BCUT2D eigenvalue weighted by Gasteiger charge is 1.98. The van der Waals surface area contributed by atoms with Gasteiger partial charge in [-0.1, -0.05) is 35.5 Å². The first-order valence-corrected chi connectivity index (χ1v) is 8.78. The van der Waals surface area contributed by atoms with Crippen molar-refractivity contribution in [2.24, 2.45) is 0 Å². The molecule has 0 N–H and O–H groups in total. The second kappa shape index (κ2) is 7.42. The van der Waals surface area contributed by atoms with Gasteiger partial charge in [0.25, 0.3) is 0 Å². The maximum absolute atomic E-state index is 5.44. The molecule has 0 aliphatic rings. The van der Waals surface area contributed by atoms with Gasteiger partial charge in [0.05, 0.1) is 20.9 Å². The van der Waals surface area contributed by atoms with Gasteiger partial charge < -0.3 is 0 Å². The van der Waals surface area contributed by atoms with Crippen molar-refractivity contribution in [3.8, 4) is 48.4 Å². The summed E-state index contributed by atoms with van der Waals surface area (Å²) in [6, 6.07) is 11.7. The molecule has 2 aromatic heterocycles. The number of hydrogen-bond acceptors (Lipinski definition) is 2. The van der Waals surface area contributed by atoms with E-state index in [1.165, 1.54) is 22.7 Å². The molecule has 1 aromatic carbocycles. The summed E-state index contributed by atoms with van der Waals surface area (Å²) in [6.07, 6.45) is 10.9. The maximum Gasteiger partial charge on any atom is 0.0922 e. The minimum atomic E-state index is 0.866. The van der Waals surface area contributed by atoms with Crippen LogP contribution in [-0.4, -0.2) is 0 Å². The van der Waals surface area contributed by atoms with Crippen molar-refractivity contribution in [2.45, 2.75) is 0 Å². The van der Waals surface area contributed by atoms with E-state index in [-0.39, 0.29) is 0 Å². The first-order chi connectivity index (χ1) is 11.8. The van der Waals surface area contributed by atoms with Gasteiger partial charge in [0.15, 0.2) is 0 Å². The summed E-state index contributed by atoms with van der Waals surface area (Å²) in [7, 11) is 0. The van der Waals surface area contributed by atoms with Crippen LogP contribution in [-0.2, 0) is 0 Å². The van der Waals surface area contributed by atoms with Gasteiger partial charge in [0.1, 0.15) is 0 Å². The van der Waals surface area contributed by atoms with Crippen LogP contribution < -0.4 is 0 Å². The second-order valence-corrected chi connectivity index (χ2v) is 6.53. The van der Waals surface area contributed by atoms with Crippen LogP contribution in [0.15, 0.2) is 47.2 Å². The third kappa shape index (κ3) is 3.60. The first-order valence-electron chi connectivity index (χ1n) is 7.02. The van der Waals surface area contributed by atoms with Crippen LogP contribution >= 0.6 is 22.7 Å². The molecule has 2 heteroatoms. The average Bonchev–Trinajstić information content (AvgIpc) is 3.27. The van der Waals surface area contributed by atoms with Gasteiger partial charge in [-0.2, -0.15) is 0 Å². The summed E-state index contributed by atoms with van der Waals surface area (Å²) < 4.78 is 0. The van der Waals surface area contributed by atoms with Crippen molar-refractivity contribution in [2.75, 3.05) is 0 Å². The van der Waals surface area contributed by atoms with E-state index in [0.29, 0.717) is 0 Å². The van der Waals surface area contributed by atoms with Crippen molar-refractivity contribution in [3.63, 3.8) is 0 Å². The standard InChI is InChI=1S/C22H10S2/c1-3-21-19(13-15-23-21)11-9-17-5-7-18(8-6-17)10-12-20-14-16-24-22(20)4-2/h1-2,5-8,13-16H. The molecular formula is C22H10S2. The predicted molar refractivity (Wildman–Crippen MR) is 103 cm³/mol. The predicted octanol–water partition coefficient (Wildman–Crippen LogP) is 4.57. The summed E-state index contributed by atoms with van der Waals surface area (Å²) in [5.41, 5.74) is 3.64. The van der Waals surface area contributed by atoms with Crippen LogP contribution in [0.3, 0.4) is 0 Å². The van der Waals surface area contributed by atoms with E-state index in [4.69, 9.17) is 12.8 Å². The number of rotatable bonds is 0. The molecule has 0 atom stereocenters. The Kier molecular flexibility index (Phi) is 4.87. The molecule has 0 bridgehead atoms. The summed E-state index contributed by atoms with van der Waals surface area (Å²) >= 11 is 3.05. The van der Waals surface area contributed by atoms with Gasteiger partial charge in [-0.05, 0) is 47.2 Å². The van der Waals surface area contributed by atoms with Gasteiger partial charge in [-0.15, -0.1) is 35.5 Å². The highest BCUT2D eigenvalue weighted by molar-refractivity contribution is 7.11. The van der Waals surface area contributed by atoms with E-state index in [0.717, 1.165) is 32.0 Å². The van der Waals surface area contributed by atoms with Crippen LogP contribution in [0, 0.1) is 48.4 Å². The fraction of sp³-hybridized carbons (Fsp3) is 0. The Morgan fingerprint density at radius 1 is 0.583 bits per heavy atom. The largest absolute Gasteiger partial charge is 0.134 e. The molecule has 0 spiro atoms. The molecule has 0 aliphatic heterocycles. The van der Waals surface area contributed by atoms with Gasteiger partial charge in [-0.25, -0.2) is 0 Å². The van der Waals surface area contributed by atoms with Crippen molar-refractivity contribution in [3.05, 3.63) is 79.2 Å². The van der Waals surface area contributed by atoms with Gasteiger partial charge in [0.2, 0.25) is 0 Å². The number of hydrogen-bond donors (Lipinski definition) is 0. The van der Waals surface area contributed by atoms with Gasteiger partial charge in [0, 0.05) is 11.1 Å². The summed E-state index contributed by atoms with van der Waals surface area (Å²) in [5.74, 6) is 17.8. The van der Waals surface area contributed by atoms with E-state index < -0.39 is 0 Å². The fourth-order valence-electron chi connectivity index (χ4n) is 1.95. The maximum atomic E-state index is 5.44. The lowest BCUT2D eigenvalue weighted by atomic mass is 10.1. The van der Waals surface area contributed by atoms with Crippen molar-refractivity contribution in [1.29, 1.82) is 0 Å². The number of terminal acetylenes is 2. The van der Waals surface area contributed by atoms with Crippen LogP contribution in [0.5, 0.6) is 0 Å². The quantitative estimate of drug-likeness (QED) is 0.527. The van der Waals surface area contributed by atoms with E-state index in [9.17, 15) is 0 Å². The lowest BCUT2D eigenvalue weighted by Gasteiger charge is -1.92. The molecule has 0 amide bonds. The van der Waals surface area contributed by atoms with Gasteiger partial charge >= 0.3 is 0 Å². The van der Waals surface area contributed by atoms with Crippen LogP contribution in [0.2, 0.25) is 0 Å². The Labute approximate surface area is 150 Å². The zero-order valence-corrected chi connectivity index (χ0v) is 14.2. The molecule has 110 valence electrons. The Bertz CT molecular complexity index is 980. The van der Waals surface area contributed by atoms with Crippen LogP contribution in [0.4, 0.5) is 0 Å². The van der Waals surface area contributed by atoms with Crippen LogP contribution in [0.25, 0.3) is 0 Å². The Morgan fingerprint density at radius 2 is 1.00 bits per heavy atom. The lowest BCUT2D eigenvalue weighted by Crippen LogP contribution is -1.79. The summed E-state index contributed by atoms with van der Waals surface area (Å²) in [6.45, 7) is 0. The zero-order chi connectivity index (χ0) is 16.8. The SMILES string of the molecule is C#Cc1sccc1C#Cc1ccc(C#Cc2ccsc2C#C)cc1. The smallest absolute Gasteiger partial charge is 0.0922 e. The summed E-state index contributed by atoms with van der Waals surface area (Å²) in [4.78, 5) is 1.73. The second-order valence-electron chi connectivity index (χ2n) is 4.69. The monoisotopic (exact) mass is 338 g/mol. The van der Waals surface area contributed by atoms with Crippen molar-refractivity contribution >= 4 is 22.7 Å². The topological polar surface area (TPSA) is 0 Å². The molecule has 0 aliphatic carbocycles. The highest BCUT2D eigenvalue weighted by atomic mass is 32.1. The molecule has 0 unspecified atom stereocenters. The molecule has 0 saturated carbocycles. The molecular weight excluding hydrogens is 328 g/mol. The zero-order valence-electron chi connectivity index (χ0n) is 12.6. The van der Waals surface area contributed by atoms with Gasteiger partial charge in [-0.3, -0.25) is 0 Å². The molecule has 0 saturated heterocycles. The number of benzene rings is 1. The van der Waals surface area contributed by atoms with E-state index >= 15 is 0 Å². The third-order valence-electron chi connectivity index (χ3n) is 3.16. The Hall–Kier alpha value is -3.14. The number of thiophene rings is 2.